The molecule has 9 heteroatoms. The second kappa shape index (κ2) is 9.06. The van der Waals surface area contributed by atoms with Crippen molar-refractivity contribution in [3.8, 4) is 0 Å². The lowest BCUT2D eigenvalue weighted by molar-refractivity contribution is -0.121. The molecule has 1 aliphatic rings. The topological polar surface area (TPSA) is 95.6 Å². The molecule has 1 unspecified atom stereocenters. The molecule has 3 rings (SSSR count). The predicted octanol–water partition coefficient (Wildman–Crippen LogP) is 3.44. The fourth-order valence-electron chi connectivity index (χ4n) is 3.18. The van der Waals surface area contributed by atoms with Gasteiger partial charge in [-0.1, -0.05) is 6.92 Å². The van der Waals surface area contributed by atoms with Crippen LogP contribution in [0, 0.1) is 12.8 Å². The van der Waals surface area contributed by atoms with Crippen LogP contribution in [0.1, 0.15) is 31.1 Å². The Kier molecular flexibility index (Phi) is 6.71. The zero-order valence-corrected chi connectivity index (χ0v) is 18.1. The number of thiophene rings is 1. The molecule has 0 aliphatic carbocycles. The molecule has 1 aromatic heterocycles. The minimum absolute atomic E-state index is 0.0776. The Bertz CT molecular complexity index is 983. The van der Waals surface area contributed by atoms with E-state index in [1.54, 1.807) is 43.3 Å². The van der Waals surface area contributed by atoms with Gasteiger partial charge in [0.2, 0.25) is 11.8 Å². The summed E-state index contributed by atoms with van der Waals surface area (Å²) in [5.41, 5.74) is 1.27. The third-order valence-electron chi connectivity index (χ3n) is 4.82. The van der Waals surface area contributed by atoms with Crippen LogP contribution in [0.5, 0.6) is 0 Å². The highest BCUT2D eigenvalue weighted by molar-refractivity contribution is 7.91. The molecule has 7 nitrogen and oxygen atoms in total. The molecule has 29 heavy (non-hydrogen) atoms. The first-order valence-corrected chi connectivity index (χ1v) is 11.8. The van der Waals surface area contributed by atoms with Crippen LogP contribution in [-0.4, -0.2) is 37.6 Å². The van der Waals surface area contributed by atoms with Crippen LogP contribution in [-0.2, 0) is 19.6 Å². The number of carbonyl (C=O) groups is 2. The molecule has 0 bridgehead atoms. The van der Waals surface area contributed by atoms with Crippen LogP contribution >= 0.6 is 11.3 Å². The highest BCUT2D eigenvalue weighted by atomic mass is 32.2. The van der Waals surface area contributed by atoms with Gasteiger partial charge in [0.15, 0.2) is 0 Å². The molecule has 0 saturated carbocycles. The molecular formula is C20H25N3O4S2. The Morgan fingerprint density at radius 2 is 1.76 bits per heavy atom. The maximum absolute atomic E-state index is 12.8. The summed E-state index contributed by atoms with van der Waals surface area (Å²) < 4.78 is 27.4. The molecule has 0 radical (unpaired) electrons. The summed E-state index contributed by atoms with van der Waals surface area (Å²) in [5, 5.41) is 5.60. The van der Waals surface area contributed by atoms with Crippen LogP contribution in [0.3, 0.4) is 0 Å². The predicted molar refractivity (Wildman–Crippen MR) is 115 cm³/mol. The number of carbonyl (C=O) groups excluding carboxylic acids is 2. The van der Waals surface area contributed by atoms with Crippen molar-refractivity contribution in [3.05, 3.63) is 41.3 Å². The zero-order valence-electron chi connectivity index (χ0n) is 16.5. The maximum Gasteiger partial charge on any atom is 0.252 e. The van der Waals surface area contributed by atoms with Crippen LogP contribution in [0.4, 0.5) is 11.4 Å². The van der Waals surface area contributed by atoms with Crippen molar-refractivity contribution in [1.82, 2.24) is 4.31 Å². The van der Waals surface area contributed by atoms with E-state index in [1.165, 1.54) is 15.6 Å². The first kappa shape index (κ1) is 21.5. The van der Waals surface area contributed by atoms with Gasteiger partial charge in [-0.3, -0.25) is 9.59 Å². The number of hydrogen-bond donors (Lipinski definition) is 2. The van der Waals surface area contributed by atoms with E-state index in [9.17, 15) is 18.0 Å². The van der Waals surface area contributed by atoms with E-state index in [1.807, 2.05) is 6.92 Å². The first-order valence-electron chi connectivity index (χ1n) is 9.57. The number of piperidine rings is 1. The van der Waals surface area contributed by atoms with Gasteiger partial charge >= 0.3 is 0 Å². The van der Waals surface area contributed by atoms with E-state index in [4.69, 9.17) is 0 Å². The molecule has 0 spiro atoms. The Labute approximate surface area is 175 Å². The van der Waals surface area contributed by atoms with Crippen molar-refractivity contribution < 1.29 is 18.0 Å². The molecule has 1 fully saturated rings. The van der Waals surface area contributed by atoms with Crippen LogP contribution in [0.15, 0.2) is 40.6 Å². The number of anilines is 2. The minimum Gasteiger partial charge on any atom is -0.326 e. The molecule has 1 aliphatic heterocycles. The van der Waals surface area contributed by atoms with E-state index in [0.29, 0.717) is 41.4 Å². The largest absolute Gasteiger partial charge is 0.326 e. The minimum atomic E-state index is -3.57. The Hall–Kier alpha value is -2.23. The highest BCUT2D eigenvalue weighted by Gasteiger charge is 2.34. The van der Waals surface area contributed by atoms with E-state index in [-0.39, 0.29) is 18.4 Å². The lowest BCUT2D eigenvalue weighted by atomic mass is 9.98. The van der Waals surface area contributed by atoms with E-state index >= 15 is 0 Å². The number of hydrogen-bond acceptors (Lipinski definition) is 5. The van der Waals surface area contributed by atoms with E-state index in [0.717, 1.165) is 4.88 Å². The monoisotopic (exact) mass is 435 g/mol. The van der Waals surface area contributed by atoms with Gasteiger partial charge in [-0.25, -0.2) is 8.42 Å². The van der Waals surface area contributed by atoms with Gasteiger partial charge < -0.3 is 10.6 Å². The third-order valence-corrected chi connectivity index (χ3v) is 8.16. The number of nitrogens with zero attached hydrogens (tertiary/aromatic N) is 1. The average molecular weight is 436 g/mol. The molecule has 1 aromatic carbocycles. The third kappa shape index (κ3) is 5.23. The van der Waals surface area contributed by atoms with Crippen molar-refractivity contribution in [2.45, 2.75) is 37.3 Å². The summed E-state index contributed by atoms with van der Waals surface area (Å²) in [6.07, 6.45) is 1.68. The van der Waals surface area contributed by atoms with Gasteiger partial charge in [0.1, 0.15) is 4.21 Å². The molecular weight excluding hydrogens is 410 g/mol. The lowest BCUT2D eigenvalue weighted by Crippen LogP contribution is -2.43. The fourth-order valence-corrected chi connectivity index (χ4v) is 6.14. The molecule has 1 saturated heterocycles. The second-order valence-corrected chi connectivity index (χ2v) is 10.5. The molecule has 156 valence electrons. The smallest absolute Gasteiger partial charge is 0.252 e. The fraction of sp³-hybridized carbons (Fsp3) is 0.400. The van der Waals surface area contributed by atoms with Gasteiger partial charge in [-0.05, 0) is 56.2 Å². The number of rotatable bonds is 6. The number of nitrogens with one attached hydrogen (secondary N) is 2. The van der Waals surface area contributed by atoms with Crippen molar-refractivity contribution >= 4 is 44.5 Å². The summed E-state index contributed by atoms with van der Waals surface area (Å²) >= 11 is 1.25. The average Bonchev–Trinajstić information content (AvgIpc) is 3.16. The number of aryl methyl sites for hydroxylation is 1. The first-order chi connectivity index (χ1) is 13.8. The van der Waals surface area contributed by atoms with E-state index < -0.39 is 15.9 Å². The number of amides is 2. The molecule has 2 N–H and O–H groups in total. The molecule has 2 aromatic rings. The maximum atomic E-state index is 12.8. The summed E-state index contributed by atoms with van der Waals surface area (Å²) in [6.45, 7) is 4.25. The normalized spacial score (nSPS) is 17.7. The summed E-state index contributed by atoms with van der Waals surface area (Å²) in [6, 6.07) is 10.3. The highest BCUT2D eigenvalue weighted by Crippen LogP contribution is 2.28. The zero-order chi connectivity index (χ0) is 21.0. The van der Waals surface area contributed by atoms with Gasteiger partial charge in [-0.15, -0.1) is 11.3 Å². The number of benzene rings is 1. The second-order valence-electron chi connectivity index (χ2n) is 7.04. The Morgan fingerprint density at radius 3 is 2.34 bits per heavy atom. The van der Waals surface area contributed by atoms with Gasteiger partial charge in [-0.2, -0.15) is 4.31 Å². The molecule has 2 amide bonds. The van der Waals surface area contributed by atoms with Crippen molar-refractivity contribution in [1.29, 1.82) is 0 Å². The van der Waals surface area contributed by atoms with Crippen LogP contribution in [0.2, 0.25) is 0 Å². The molecule has 2 heterocycles. The lowest BCUT2D eigenvalue weighted by Gasteiger charge is -2.30. The van der Waals surface area contributed by atoms with E-state index in [2.05, 4.69) is 10.6 Å². The summed E-state index contributed by atoms with van der Waals surface area (Å²) in [7, 11) is -3.57. The van der Waals surface area contributed by atoms with Gasteiger partial charge in [0.25, 0.3) is 10.0 Å². The van der Waals surface area contributed by atoms with Crippen LogP contribution in [0.25, 0.3) is 0 Å². The number of sulfonamides is 1. The van der Waals surface area contributed by atoms with Gasteiger partial charge in [0, 0.05) is 35.8 Å². The molecule has 1 atom stereocenters. The Balaban J connectivity index is 1.63. The quantitative estimate of drug-likeness (QED) is 0.726. The summed E-state index contributed by atoms with van der Waals surface area (Å²) in [5.74, 6) is -0.678. The van der Waals surface area contributed by atoms with Crippen molar-refractivity contribution in [3.63, 3.8) is 0 Å². The van der Waals surface area contributed by atoms with Crippen molar-refractivity contribution in [2.24, 2.45) is 5.92 Å². The van der Waals surface area contributed by atoms with Gasteiger partial charge in [0.05, 0.1) is 5.92 Å². The standard InChI is InChI=1S/C20H25N3O4S2/c1-3-18(24)21-16-7-9-17(10-8-16)22-20(25)15-5-4-12-23(13-15)29(26,27)19-11-6-14(2)28-19/h6-11,15H,3-5,12-13H2,1-2H3,(H,21,24)(H,22,25). The SMILES string of the molecule is CCC(=O)Nc1ccc(NC(=O)C2CCCN(S(=O)(=O)c3ccc(C)s3)C2)cc1. The van der Waals surface area contributed by atoms with Crippen molar-refractivity contribution in [2.75, 3.05) is 23.7 Å². The Morgan fingerprint density at radius 1 is 1.10 bits per heavy atom. The van der Waals surface area contributed by atoms with Crippen LogP contribution < -0.4 is 10.6 Å². The summed E-state index contributed by atoms with van der Waals surface area (Å²) in [4.78, 5) is 25.1.